The van der Waals surface area contributed by atoms with Crippen molar-refractivity contribution in [2.75, 3.05) is 16.5 Å². The summed E-state index contributed by atoms with van der Waals surface area (Å²) in [4.78, 5) is 9.95. The predicted molar refractivity (Wildman–Crippen MR) is 283 cm³/mol. The van der Waals surface area contributed by atoms with E-state index in [0.717, 1.165) is 45.0 Å². The number of ether oxygens (including phenoxy) is 1. The van der Waals surface area contributed by atoms with Crippen LogP contribution in [0.15, 0.2) is 176 Å². The summed E-state index contributed by atoms with van der Waals surface area (Å²) in [5, 5.41) is 2.32. The molecule has 9 aromatic rings. The number of para-hydroxylation sites is 1. The van der Waals surface area contributed by atoms with Gasteiger partial charge in [0.25, 0.3) is 0 Å². The molecule has 67 heavy (non-hydrogen) atoms. The number of hydrogen-bond acceptors (Lipinski definition) is 4. The molecule has 2 aromatic heterocycles. The lowest BCUT2D eigenvalue weighted by molar-refractivity contribution is 0.483. The smallest absolute Gasteiger partial charge is 0.137 e. The van der Waals surface area contributed by atoms with E-state index in [1.165, 1.54) is 55.8 Å². The van der Waals surface area contributed by atoms with Crippen LogP contribution in [0.1, 0.15) is 103 Å². The maximum Gasteiger partial charge on any atom is 0.137 e. The van der Waals surface area contributed by atoms with Gasteiger partial charge >= 0.3 is 0 Å². The molecule has 0 saturated heterocycles. The second-order valence-electron chi connectivity index (χ2n) is 21.2. The van der Waals surface area contributed by atoms with Crippen LogP contribution in [0.25, 0.3) is 38.8 Å². The minimum absolute atomic E-state index is 0.00666. The Morgan fingerprint density at radius 3 is 1.96 bits per heavy atom. The van der Waals surface area contributed by atoms with E-state index in [2.05, 4.69) is 253 Å². The van der Waals surface area contributed by atoms with Crippen molar-refractivity contribution < 1.29 is 4.74 Å². The molecule has 0 spiro atoms. The summed E-state index contributed by atoms with van der Waals surface area (Å²) in [5.74, 6) is 2.75. The fourth-order valence-electron chi connectivity index (χ4n) is 9.87. The van der Waals surface area contributed by atoms with Crippen molar-refractivity contribution in [1.82, 2.24) is 9.55 Å². The first-order valence-electron chi connectivity index (χ1n) is 23.8. The first kappa shape index (κ1) is 43.8. The van der Waals surface area contributed by atoms with Crippen LogP contribution in [0, 0.1) is 0 Å². The molecule has 5 nitrogen and oxygen atoms in total. The fraction of sp³-hybridized carbons (Fsp3) is 0.242. The molecule has 336 valence electrons. The van der Waals surface area contributed by atoms with Crippen molar-refractivity contribution >= 4 is 44.6 Å². The zero-order valence-electron chi connectivity index (χ0n) is 40.7. The Morgan fingerprint density at radius 1 is 0.493 bits per heavy atom. The van der Waals surface area contributed by atoms with Gasteiger partial charge in [-0.15, -0.1) is 0 Å². The lowest BCUT2D eigenvalue weighted by Crippen LogP contribution is -2.24. The number of nitrogens with zero attached hydrogens (tertiary/aromatic N) is 4. The van der Waals surface area contributed by atoms with E-state index < -0.39 is 0 Å². The standard InChI is InChI=1S/C62H62N4O/c1-41(2)51-23-14-15-24-52(51)42-33-48(65-40-64(47-22-18-21-44(35-47)60(3,4)5)58-36-45(61(6,7)8)27-30-56(58)65)38-50(34-42)67-49-28-29-54-53-25-16-17-26-55(53)66(57(54)39-49)59-37-46(31-32-63-59)62(9,10)43-19-12-11-13-20-43/h11-39,41H,40H2,1-10H3. The van der Waals surface area contributed by atoms with Crippen LogP contribution in [0.3, 0.4) is 0 Å². The van der Waals surface area contributed by atoms with Crippen LogP contribution >= 0.6 is 0 Å². The number of aromatic nitrogens is 2. The number of fused-ring (bicyclic) bond motifs is 4. The van der Waals surface area contributed by atoms with Crippen molar-refractivity contribution in [3.05, 3.63) is 204 Å². The average Bonchev–Trinajstić information content (AvgIpc) is 3.87. The van der Waals surface area contributed by atoms with E-state index in [4.69, 9.17) is 9.72 Å². The molecule has 7 aromatic carbocycles. The summed E-state index contributed by atoms with van der Waals surface area (Å²) >= 11 is 0. The van der Waals surface area contributed by atoms with Gasteiger partial charge in [0, 0.05) is 45.9 Å². The van der Waals surface area contributed by atoms with Crippen molar-refractivity contribution in [2.45, 2.75) is 91.4 Å². The Balaban J connectivity index is 1.11. The van der Waals surface area contributed by atoms with E-state index in [-0.39, 0.29) is 16.2 Å². The lowest BCUT2D eigenvalue weighted by Gasteiger charge is -2.26. The molecule has 0 amide bonds. The van der Waals surface area contributed by atoms with Gasteiger partial charge in [0.05, 0.1) is 22.4 Å². The van der Waals surface area contributed by atoms with Crippen LogP contribution < -0.4 is 14.5 Å². The maximum atomic E-state index is 7.11. The average molecular weight is 879 g/mol. The van der Waals surface area contributed by atoms with E-state index in [0.29, 0.717) is 12.6 Å². The van der Waals surface area contributed by atoms with Crippen molar-refractivity contribution in [3.63, 3.8) is 0 Å². The van der Waals surface area contributed by atoms with Gasteiger partial charge in [-0.25, -0.2) is 4.98 Å². The van der Waals surface area contributed by atoms with E-state index in [9.17, 15) is 0 Å². The van der Waals surface area contributed by atoms with Gasteiger partial charge in [0.15, 0.2) is 0 Å². The minimum Gasteiger partial charge on any atom is -0.457 e. The van der Waals surface area contributed by atoms with Gasteiger partial charge in [-0.3, -0.25) is 4.57 Å². The predicted octanol–water partition coefficient (Wildman–Crippen LogP) is 16.9. The lowest BCUT2D eigenvalue weighted by atomic mass is 9.78. The third-order valence-corrected chi connectivity index (χ3v) is 13.9. The van der Waals surface area contributed by atoms with Crippen molar-refractivity contribution in [2.24, 2.45) is 0 Å². The van der Waals surface area contributed by atoms with Gasteiger partial charge in [-0.2, -0.15) is 0 Å². The van der Waals surface area contributed by atoms with Gasteiger partial charge in [0.2, 0.25) is 0 Å². The molecule has 0 bridgehead atoms. The highest BCUT2D eigenvalue weighted by molar-refractivity contribution is 6.09. The minimum atomic E-state index is -0.221. The Labute approximate surface area is 397 Å². The summed E-state index contributed by atoms with van der Waals surface area (Å²) in [7, 11) is 0. The molecule has 10 rings (SSSR count). The third kappa shape index (κ3) is 8.15. The molecular weight excluding hydrogens is 817 g/mol. The SMILES string of the molecule is CC(C)c1ccccc1-c1cc(Oc2ccc3c4ccccc4n(-c4cc(C(C)(C)c5ccccc5)ccn4)c3c2)cc(N2CN(c3cccc(C(C)(C)C)c3)c3cc(C(C)(C)C)ccc32)c1. The summed E-state index contributed by atoms with van der Waals surface area (Å²) in [5.41, 5.74) is 15.3. The molecule has 0 radical (unpaired) electrons. The Morgan fingerprint density at radius 2 is 1.18 bits per heavy atom. The number of rotatable bonds is 9. The zero-order valence-corrected chi connectivity index (χ0v) is 40.7. The van der Waals surface area contributed by atoms with Gasteiger partial charge in [0.1, 0.15) is 24.0 Å². The van der Waals surface area contributed by atoms with Gasteiger partial charge < -0.3 is 14.5 Å². The van der Waals surface area contributed by atoms with Crippen LogP contribution in [0.2, 0.25) is 0 Å². The third-order valence-electron chi connectivity index (χ3n) is 13.9. The summed E-state index contributed by atoms with van der Waals surface area (Å²) in [6.07, 6.45) is 1.95. The highest BCUT2D eigenvalue weighted by Crippen LogP contribution is 2.49. The largest absolute Gasteiger partial charge is 0.457 e. The Kier molecular flexibility index (Phi) is 10.9. The number of anilines is 4. The normalized spacial score (nSPS) is 13.2. The maximum absolute atomic E-state index is 7.11. The van der Waals surface area contributed by atoms with Crippen LogP contribution in [0.5, 0.6) is 11.5 Å². The van der Waals surface area contributed by atoms with Crippen LogP contribution in [-0.2, 0) is 16.2 Å². The molecule has 0 fully saturated rings. The summed E-state index contributed by atoms with van der Waals surface area (Å²) in [6.45, 7) is 23.5. The molecule has 1 aliphatic heterocycles. The highest BCUT2D eigenvalue weighted by Gasteiger charge is 2.32. The molecule has 0 unspecified atom stereocenters. The number of pyridine rings is 1. The molecule has 1 aliphatic rings. The summed E-state index contributed by atoms with van der Waals surface area (Å²) < 4.78 is 9.41. The van der Waals surface area contributed by atoms with Crippen LogP contribution in [0.4, 0.5) is 22.7 Å². The quantitative estimate of drug-likeness (QED) is 0.145. The Hall–Kier alpha value is -7.11. The van der Waals surface area contributed by atoms with E-state index in [1.54, 1.807) is 0 Å². The first-order chi connectivity index (χ1) is 32.0. The van der Waals surface area contributed by atoms with E-state index in [1.807, 2.05) is 6.20 Å². The molecule has 0 saturated carbocycles. The number of benzene rings is 7. The monoisotopic (exact) mass is 878 g/mol. The van der Waals surface area contributed by atoms with Crippen molar-refractivity contribution in [3.8, 4) is 28.4 Å². The molecule has 5 heteroatoms. The fourth-order valence-corrected chi connectivity index (χ4v) is 9.87. The molecule has 3 heterocycles. The molecular formula is C62H62N4O. The Bertz CT molecular complexity index is 3290. The van der Waals surface area contributed by atoms with Crippen molar-refractivity contribution in [1.29, 1.82) is 0 Å². The molecule has 0 aliphatic carbocycles. The second-order valence-corrected chi connectivity index (χ2v) is 21.2. The van der Waals surface area contributed by atoms with Gasteiger partial charge in [-0.1, -0.05) is 160 Å². The molecule has 0 atom stereocenters. The second kappa shape index (κ2) is 16.6. The van der Waals surface area contributed by atoms with Crippen LogP contribution in [-0.4, -0.2) is 16.2 Å². The molecule has 0 N–H and O–H groups in total. The highest BCUT2D eigenvalue weighted by atomic mass is 16.5. The topological polar surface area (TPSA) is 33.5 Å². The summed E-state index contributed by atoms with van der Waals surface area (Å²) in [6, 6.07) is 61.9. The first-order valence-corrected chi connectivity index (χ1v) is 23.8. The zero-order chi connectivity index (χ0) is 46.8. The van der Waals surface area contributed by atoms with E-state index >= 15 is 0 Å². The van der Waals surface area contributed by atoms with Gasteiger partial charge in [-0.05, 0) is 122 Å². The number of hydrogen-bond donors (Lipinski definition) is 0.